The van der Waals surface area contributed by atoms with Gasteiger partial charge < -0.3 is 23.5 Å². The number of rotatable bonds is 12. The zero-order valence-electron chi connectivity index (χ0n) is 24.8. The van der Waals surface area contributed by atoms with Crippen molar-refractivity contribution in [1.29, 1.82) is 0 Å². The Kier molecular flexibility index (Phi) is 9.61. The number of hydrogen-bond acceptors (Lipinski definition) is 8. The minimum absolute atomic E-state index is 0.0992. The van der Waals surface area contributed by atoms with Gasteiger partial charge in [-0.1, -0.05) is 18.2 Å². The van der Waals surface area contributed by atoms with Crippen molar-refractivity contribution in [2.75, 3.05) is 39.3 Å². The van der Waals surface area contributed by atoms with E-state index in [1.165, 1.54) is 58.9 Å². The Morgan fingerprint density at radius 1 is 0.860 bits per heavy atom. The van der Waals surface area contributed by atoms with Crippen molar-refractivity contribution in [3.63, 3.8) is 0 Å². The number of aromatic nitrogens is 1. The first-order valence-electron chi connectivity index (χ1n) is 13.2. The molecule has 0 atom stereocenters. The van der Waals surface area contributed by atoms with E-state index in [4.69, 9.17) is 18.9 Å². The van der Waals surface area contributed by atoms with Crippen LogP contribution in [0.15, 0.2) is 82.8 Å². The third-order valence-electron chi connectivity index (χ3n) is 6.76. The Hall–Kier alpha value is -4.97. The molecule has 0 aliphatic heterocycles. The van der Waals surface area contributed by atoms with Crippen molar-refractivity contribution in [2.24, 2.45) is 5.10 Å². The lowest BCUT2D eigenvalue weighted by Gasteiger charge is -2.26. The molecule has 12 heteroatoms. The maximum Gasteiger partial charge on any atom is 0.265 e. The van der Waals surface area contributed by atoms with Gasteiger partial charge in [0.2, 0.25) is 0 Å². The molecule has 43 heavy (non-hydrogen) atoms. The molecular weight excluding hydrogens is 572 g/mol. The number of nitrogens with one attached hydrogen (secondary N) is 1. The number of sulfonamides is 1. The number of hydrogen-bond donors (Lipinski definition) is 1. The molecule has 1 N–H and O–H groups in total. The minimum Gasteiger partial charge on any atom is -0.497 e. The SMILES string of the molecule is COc1ccc(OC)c(N(CC(=O)N/N=C\c2cc(C)n(-c3ccccc3)c2C)S(=O)(=O)c2ccc(OC)c(OC)c2)c1. The van der Waals surface area contributed by atoms with Gasteiger partial charge in [0, 0.05) is 34.8 Å². The standard InChI is InChI=1S/C31H34N4O7S/c1-21-16-23(22(2)35(21)24-10-8-7-9-11-24)19-32-33-31(36)20-34(27-17-25(39-3)12-14-28(27)40-4)43(37,38)26-13-15-29(41-5)30(18-26)42-6/h7-19H,20H2,1-6H3,(H,33,36)/b32-19-. The number of hydrazone groups is 1. The van der Waals surface area contributed by atoms with Gasteiger partial charge >= 0.3 is 0 Å². The largest absolute Gasteiger partial charge is 0.497 e. The van der Waals surface area contributed by atoms with E-state index in [9.17, 15) is 13.2 Å². The molecule has 0 aliphatic rings. The predicted octanol–water partition coefficient (Wildman–Crippen LogP) is 4.47. The maximum atomic E-state index is 14.0. The zero-order chi connectivity index (χ0) is 31.1. The molecular formula is C31H34N4O7S. The molecule has 0 fully saturated rings. The van der Waals surface area contributed by atoms with Gasteiger partial charge in [-0.25, -0.2) is 13.8 Å². The highest BCUT2D eigenvalue weighted by Gasteiger charge is 2.31. The van der Waals surface area contributed by atoms with E-state index in [1.807, 2.05) is 50.2 Å². The first kappa shape index (κ1) is 31.0. The van der Waals surface area contributed by atoms with Crippen LogP contribution in [0.4, 0.5) is 5.69 Å². The van der Waals surface area contributed by atoms with Gasteiger partial charge in [-0.2, -0.15) is 5.10 Å². The maximum absolute atomic E-state index is 14.0. The molecule has 3 aromatic carbocycles. The van der Waals surface area contributed by atoms with E-state index < -0.39 is 22.5 Å². The van der Waals surface area contributed by atoms with E-state index in [1.54, 1.807) is 12.1 Å². The number of aryl methyl sites for hydroxylation is 1. The lowest BCUT2D eigenvalue weighted by atomic mass is 10.2. The van der Waals surface area contributed by atoms with Crippen LogP contribution in [0.2, 0.25) is 0 Å². The molecule has 0 unspecified atom stereocenters. The number of ether oxygens (including phenoxy) is 4. The summed E-state index contributed by atoms with van der Waals surface area (Å²) in [4.78, 5) is 13.1. The van der Waals surface area contributed by atoms with Gasteiger partial charge in [-0.05, 0) is 56.3 Å². The number of benzene rings is 3. The molecule has 1 aromatic heterocycles. The second kappa shape index (κ2) is 13.3. The van der Waals surface area contributed by atoms with Gasteiger partial charge in [0.25, 0.3) is 15.9 Å². The molecule has 4 rings (SSSR count). The zero-order valence-corrected chi connectivity index (χ0v) is 25.6. The minimum atomic E-state index is -4.33. The van der Waals surface area contributed by atoms with Crippen LogP contribution in [-0.2, 0) is 14.8 Å². The van der Waals surface area contributed by atoms with E-state index in [0.717, 1.165) is 26.9 Å². The highest BCUT2D eigenvalue weighted by atomic mass is 32.2. The van der Waals surface area contributed by atoms with Gasteiger partial charge in [0.05, 0.1) is 45.2 Å². The van der Waals surface area contributed by atoms with Crippen molar-refractivity contribution in [3.05, 3.63) is 89.7 Å². The summed E-state index contributed by atoms with van der Waals surface area (Å²) in [5.41, 5.74) is 6.28. The third-order valence-corrected chi connectivity index (χ3v) is 8.52. The first-order chi connectivity index (χ1) is 20.6. The van der Waals surface area contributed by atoms with Crippen LogP contribution < -0.4 is 28.7 Å². The summed E-state index contributed by atoms with van der Waals surface area (Å²) >= 11 is 0. The van der Waals surface area contributed by atoms with Crippen LogP contribution in [0.3, 0.4) is 0 Å². The van der Waals surface area contributed by atoms with Crippen molar-refractivity contribution >= 4 is 27.8 Å². The van der Waals surface area contributed by atoms with Gasteiger partial charge in [-0.15, -0.1) is 0 Å². The number of methoxy groups -OCH3 is 4. The molecule has 0 saturated carbocycles. The number of para-hydroxylation sites is 1. The summed E-state index contributed by atoms with van der Waals surface area (Å²) in [7, 11) is 1.37. The number of carbonyl (C=O) groups excluding carboxylic acids is 1. The van der Waals surface area contributed by atoms with Crippen molar-refractivity contribution in [3.8, 4) is 28.7 Å². The Labute approximate surface area is 251 Å². The van der Waals surface area contributed by atoms with Gasteiger partial charge in [0.1, 0.15) is 18.0 Å². The molecule has 0 saturated heterocycles. The van der Waals surface area contributed by atoms with Crippen LogP contribution in [0, 0.1) is 13.8 Å². The smallest absolute Gasteiger partial charge is 0.265 e. The fraction of sp³-hybridized carbons (Fsp3) is 0.226. The molecule has 11 nitrogen and oxygen atoms in total. The molecule has 0 aliphatic carbocycles. The Morgan fingerprint density at radius 3 is 2.19 bits per heavy atom. The van der Waals surface area contributed by atoms with Crippen LogP contribution >= 0.6 is 0 Å². The summed E-state index contributed by atoms with van der Waals surface area (Å²) in [6.45, 7) is 3.32. The second-order valence-electron chi connectivity index (χ2n) is 9.36. The number of anilines is 1. The summed E-state index contributed by atoms with van der Waals surface area (Å²) in [5, 5.41) is 4.13. The quantitative estimate of drug-likeness (QED) is 0.187. The highest BCUT2D eigenvalue weighted by Crippen LogP contribution is 2.37. The molecule has 0 radical (unpaired) electrons. The first-order valence-corrected chi connectivity index (χ1v) is 14.6. The molecule has 1 amide bonds. The fourth-order valence-corrected chi connectivity index (χ4v) is 6.07. The predicted molar refractivity (Wildman–Crippen MR) is 165 cm³/mol. The van der Waals surface area contributed by atoms with Crippen molar-refractivity contribution in [2.45, 2.75) is 18.7 Å². The molecule has 0 spiro atoms. The highest BCUT2D eigenvalue weighted by molar-refractivity contribution is 7.92. The molecule has 226 valence electrons. The van der Waals surface area contributed by atoms with Crippen LogP contribution in [-0.4, -0.2) is 60.1 Å². The lowest BCUT2D eigenvalue weighted by Crippen LogP contribution is -2.39. The van der Waals surface area contributed by atoms with E-state index in [-0.39, 0.29) is 22.1 Å². The number of carbonyl (C=O) groups is 1. The molecule has 1 heterocycles. The summed E-state index contributed by atoms with van der Waals surface area (Å²) in [6.07, 6.45) is 1.53. The summed E-state index contributed by atoms with van der Waals surface area (Å²) < 4.78 is 52.4. The summed E-state index contributed by atoms with van der Waals surface area (Å²) in [6, 6.07) is 20.7. The van der Waals surface area contributed by atoms with Crippen LogP contribution in [0.5, 0.6) is 23.0 Å². The van der Waals surface area contributed by atoms with Crippen LogP contribution in [0.1, 0.15) is 17.0 Å². The number of nitrogens with zero attached hydrogens (tertiary/aromatic N) is 3. The Morgan fingerprint density at radius 2 is 1.53 bits per heavy atom. The second-order valence-corrected chi connectivity index (χ2v) is 11.2. The van der Waals surface area contributed by atoms with Gasteiger partial charge in [0.15, 0.2) is 11.5 Å². The molecule has 4 aromatic rings. The summed E-state index contributed by atoms with van der Waals surface area (Å²) in [5.74, 6) is 0.473. The monoisotopic (exact) mass is 606 g/mol. The van der Waals surface area contributed by atoms with E-state index >= 15 is 0 Å². The van der Waals surface area contributed by atoms with Crippen LogP contribution in [0.25, 0.3) is 5.69 Å². The third kappa shape index (κ3) is 6.59. The molecule has 0 bridgehead atoms. The Bertz CT molecular complexity index is 1730. The van der Waals surface area contributed by atoms with E-state index in [2.05, 4.69) is 15.1 Å². The lowest BCUT2D eigenvalue weighted by molar-refractivity contribution is -0.119. The van der Waals surface area contributed by atoms with Gasteiger partial charge in [-0.3, -0.25) is 9.10 Å². The normalized spacial score (nSPS) is 11.3. The van der Waals surface area contributed by atoms with Crippen molar-refractivity contribution in [1.82, 2.24) is 9.99 Å². The van der Waals surface area contributed by atoms with E-state index in [0.29, 0.717) is 11.5 Å². The topological polar surface area (TPSA) is 121 Å². The fourth-order valence-electron chi connectivity index (χ4n) is 4.63. The Balaban J connectivity index is 1.66. The average Bonchev–Trinajstić information content (AvgIpc) is 3.31. The number of amides is 1. The van der Waals surface area contributed by atoms with Crippen molar-refractivity contribution < 1.29 is 32.2 Å². The average molecular weight is 607 g/mol.